The monoisotopic (exact) mass is 845 g/mol. The Morgan fingerprint density at radius 2 is 1.73 bits per heavy atom. The molecule has 0 atom stereocenters. The lowest BCUT2D eigenvalue weighted by atomic mass is 9.89. The molecular weight excluding hydrogens is 798 g/mol. The van der Waals surface area contributed by atoms with E-state index in [1.165, 1.54) is 28.8 Å². The summed E-state index contributed by atoms with van der Waals surface area (Å²) in [6, 6.07) is 13.5. The first kappa shape index (κ1) is 40.8. The Bertz CT molecular complexity index is 2640. The number of carbonyl (C=O) groups is 4. The lowest BCUT2D eigenvalue weighted by Gasteiger charge is -2.45. The number of nitrogens with one attached hydrogen (secondary N) is 2. The average molecular weight is 846 g/mol. The van der Waals surface area contributed by atoms with E-state index < -0.39 is 23.4 Å². The summed E-state index contributed by atoms with van der Waals surface area (Å²) in [5.41, 5.74) is 2.32. The number of piperazine rings is 1. The topological polar surface area (TPSA) is 194 Å². The van der Waals surface area contributed by atoms with Gasteiger partial charge in [0.25, 0.3) is 5.91 Å². The fraction of sp³-hybridized carbons (Fsp3) is 0.432. The van der Waals surface area contributed by atoms with E-state index in [0.717, 1.165) is 49.7 Å². The minimum Gasteiger partial charge on any atom is -0.494 e. The molecular formula is C44H48FN11O6. The maximum Gasteiger partial charge on any atom is 0.328 e. The van der Waals surface area contributed by atoms with Crippen molar-refractivity contribution in [2.45, 2.75) is 63.6 Å². The molecule has 0 radical (unpaired) electrons. The van der Waals surface area contributed by atoms with Crippen molar-refractivity contribution in [1.29, 1.82) is 5.26 Å². The van der Waals surface area contributed by atoms with Crippen molar-refractivity contribution in [2.75, 3.05) is 68.0 Å². The predicted molar refractivity (Wildman–Crippen MR) is 226 cm³/mol. The van der Waals surface area contributed by atoms with E-state index in [1.54, 1.807) is 38.1 Å². The number of fused-ring (bicyclic) bond motifs is 2. The fourth-order valence-electron chi connectivity index (χ4n) is 9.33. The molecule has 1 aliphatic carbocycles. The van der Waals surface area contributed by atoms with Crippen molar-refractivity contribution in [3.63, 3.8) is 0 Å². The van der Waals surface area contributed by atoms with Crippen LogP contribution in [0.4, 0.5) is 26.2 Å². The van der Waals surface area contributed by atoms with Crippen LogP contribution in [0.2, 0.25) is 0 Å². The number of methoxy groups -OCH3 is 1. The molecule has 1 saturated carbocycles. The van der Waals surface area contributed by atoms with Gasteiger partial charge in [0.2, 0.25) is 11.8 Å². The lowest BCUT2D eigenvalue weighted by molar-refractivity contribution is -0.138. The number of aromatic nitrogens is 4. The summed E-state index contributed by atoms with van der Waals surface area (Å²) in [4.78, 5) is 58.6. The number of benzene rings is 2. The summed E-state index contributed by atoms with van der Waals surface area (Å²) in [5, 5.41) is 35.6. The highest BCUT2D eigenvalue weighted by molar-refractivity contribution is 6.07. The maximum atomic E-state index is 15.4. The average Bonchev–Trinajstić information content (AvgIpc) is 3.87. The quantitative estimate of drug-likeness (QED) is 0.191. The number of aliphatic hydroxyl groups is 1. The molecule has 18 heteroatoms. The zero-order chi connectivity index (χ0) is 43.4. The standard InChI is InChI=1S/C44H48FN11O6/c1-44(2,61)32-18-34-27(17-35(32)48-41(58)36-9-8-31-16-26(21-46)22-47-56(31)36)25-55(50-34)30-6-4-29(5-7-30)51-12-14-52(15-13-51)42(59)28-23-53(24-28)37-20-39(62-3)38(19-33(37)45)54-11-10-40(57)49-43(54)60/h8-9,16-20,22,25,28-30,61H,4-7,10-15,23-24H2,1-3H3,(H,48,58)(H,49,57,60). The molecule has 9 rings (SSSR count). The normalized spacial score (nSPS) is 20.3. The highest BCUT2D eigenvalue weighted by atomic mass is 19.1. The number of rotatable bonds is 9. The third kappa shape index (κ3) is 7.66. The number of anilines is 3. The maximum absolute atomic E-state index is 15.4. The van der Waals surface area contributed by atoms with Gasteiger partial charge in [0.1, 0.15) is 23.3 Å². The summed E-state index contributed by atoms with van der Waals surface area (Å²) in [5.74, 6) is -1.17. The Morgan fingerprint density at radius 1 is 0.984 bits per heavy atom. The molecule has 3 N–H and O–H groups in total. The minimum absolute atomic E-state index is 0.0786. The number of hydrogen-bond donors (Lipinski definition) is 3. The molecule has 17 nitrogen and oxygen atoms in total. The SMILES string of the molecule is COc1cc(N2CC(C(=O)N3CCN(C4CCC(n5cc6cc(NC(=O)c7ccc8cc(C#N)cnn78)c(C(C)(C)O)cc6n5)CC4)CC3)C2)c(F)cc1N1CCC(=O)NC1=O. The third-order valence-corrected chi connectivity index (χ3v) is 12.8. The minimum atomic E-state index is -1.27. The third-order valence-electron chi connectivity index (χ3n) is 12.8. The first-order chi connectivity index (χ1) is 29.8. The molecule has 5 aromatic rings. The highest BCUT2D eigenvalue weighted by Crippen LogP contribution is 2.39. The van der Waals surface area contributed by atoms with Gasteiger partial charge in [-0.3, -0.25) is 34.2 Å². The molecule has 0 spiro atoms. The second-order valence-electron chi connectivity index (χ2n) is 17.1. The van der Waals surface area contributed by atoms with Gasteiger partial charge in [0, 0.05) is 93.2 Å². The Balaban J connectivity index is 0.782. The number of carbonyl (C=O) groups excluding carboxylic acids is 4. The van der Waals surface area contributed by atoms with Crippen molar-refractivity contribution in [2.24, 2.45) is 5.92 Å². The van der Waals surface area contributed by atoms with Crippen LogP contribution >= 0.6 is 0 Å². The van der Waals surface area contributed by atoms with Crippen molar-refractivity contribution in [3.8, 4) is 11.8 Å². The summed E-state index contributed by atoms with van der Waals surface area (Å²) in [7, 11) is 1.44. The number of nitriles is 1. The molecule has 5 amide bonds. The van der Waals surface area contributed by atoms with E-state index >= 15 is 4.39 Å². The van der Waals surface area contributed by atoms with Gasteiger partial charge in [0.15, 0.2) is 0 Å². The van der Waals surface area contributed by atoms with Crippen molar-refractivity contribution >= 4 is 57.2 Å². The number of nitrogens with zero attached hydrogens (tertiary/aromatic N) is 9. The molecule has 62 heavy (non-hydrogen) atoms. The largest absolute Gasteiger partial charge is 0.494 e. The molecule has 4 aliphatic rings. The smallest absolute Gasteiger partial charge is 0.328 e. The molecule has 0 unspecified atom stereocenters. The van der Waals surface area contributed by atoms with Crippen LogP contribution in [-0.2, 0) is 15.2 Å². The Morgan fingerprint density at radius 3 is 2.42 bits per heavy atom. The van der Waals surface area contributed by atoms with Crippen molar-refractivity contribution in [3.05, 3.63) is 77.5 Å². The first-order valence-electron chi connectivity index (χ1n) is 21.0. The van der Waals surface area contributed by atoms with Gasteiger partial charge in [-0.25, -0.2) is 13.7 Å². The van der Waals surface area contributed by atoms with Gasteiger partial charge in [-0.2, -0.15) is 15.5 Å². The zero-order valence-electron chi connectivity index (χ0n) is 34.8. The van der Waals surface area contributed by atoms with Gasteiger partial charge in [0.05, 0.1) is 58.8 Å². The Kier molecular flexibility index (Phi) is 10.6. The fourth-order valence-corrected chi connectivity index (χ4v) is 9.33. The Labute approximate surface area is 356 Å². The van der Waals surface area contributed by atoms with E-state index in [0.29, 0.717) is 71.7 Å². The Hall–Kier alpha value is -6.58. The van der Waals surface area contributed by atoms with E-state index in [2.05, 4.69) is 26.7 Å². The van der Waals surface area contributed by atoms with Crippen LogP contribution in [0.3, 0.4) is 0 Å². The number of urea groups is 1. The first-order valence-corrected chi connectivity index (χ1v) is 21.0. The molecule has 3 saturated heterocycles. The number of imide groups is 1. The van der Waals surface area contributed by atoms with Crippen LogP contribution in [-0.4, -0.2) is 117 Å². The van der Waals surface area contributed by atoms with Crippen LogP contribution < -0.4 is 25.2 Å². The van der Waals surface area contributed by atoms with E-state index in [1.807, 2.05) is 32.8 Å². The van der Waals surface area contributed by atoms with Gasteiger partial charge in [-0.05, 0) is 69.9 Å². The summed E-state index contributed by atoms with van der Waals surface area (Å²) in [6.45, 7) is 7.08. The van der Waals surface area contributed by atoms with Gasteiger partial charge in [-0.15, -0.1) is 0 Å². The molecule has 3 aliphatic heterocycles. The second kappa shape index (κ2) is 16.0. The molecule has 2 aromatic carbocycles. The highest BCUT2D eigenvalue weighted by Gasteiger charge is 2.39. The lowest BCUT2D eigenvalue weighted by Crippen LogP contribution is -2.59. The van der Waals surface area contributed by atoms with Crippen LogP contribution in [0, 0.1) is 23.1 Å². The van der Waals surface area contributed by atoms with Crippen LogP contribution in [0.25, 0.3) is 16.4 Å². The predicted octanol–water partition coefficient (Wildman–Crippen LogP) is 4.39. The van der Waals surface area contributed by atoms with Crippen LogP contribution in [0.5, 0.6) is 5.75 Å². The van der Waals surface area contributed by atoms with Gasteiger partial charge < -0.3 is 25.0 Å². The van der Waals surface area contributed by atoms with Gasteiger partial charge in [-0.1, -0.05) is 0 Å². The van der Waals surface area contributed by atoms with E-state index in [4.69, 9.17) is 9.84 Å². The molecule has 4 fully saturated rings. The summed E-state index contributed by atoms with van der Waals surface area (Å²) in [6.07, 6.45) is 7.38. The van der Waals surface area contributed by atoms with E-state index in [-0.39, 0.29) is 42.4 Å². The molecule has 6 heterocycles. The number of amides is 5. The van der Waals surface area contributed by atoms with E-state index in [9.17, 15) is 29.5 Å². The summed E-state index contributed by atoms with van der Waals surface area (Å²) < 4.78 is 24.4. The molecule has 3 aromatic heterocycles. The molecule has 322 valence electrons. The van der Waals surface area contributed by atoms with Crippen LogP contribution in [0.1, 0.15) is 73.6 Å². The van der Waals surface area contributed by atoms with Crippen molar-refractivity contribution in [1.82, 2.24) is 34.5 Å². The number of hydrogen-bond acceptors (Lipinski definition) is 11. The van der Waals surface area contributed by atoms with Gasteiger partial charge >= 0.3 is 6.03 Å². The summed E-state index contributed by atoms with van der Waals surface area (Å²) >= 11 is 0. The second-order valence-corrected chi connectivity index (χ2v) is 17.1. The number of ether oxygens (including phenoxy) is 1. The zero-order valence-corrected chi connectivity index (χ0v) is 34.8. The molecule has 0 bridgehead atoms. The number of halogens is 1. The van der Waals surface area contributed by atoms with Crippen LogP contribution in [0.15, 0.2) is 54.9 Å². The van der Waals surface area contributed by atoms with Crippen molar-refractivity contribution < 1.29 is 33.4 Å².